The van der Waals surface area contributed by atoms with Crippen LogP contribution in [0.5, 0.6) is 0 Å². The minimum atomic E-state index is -0.00249. The topological polar surface area (TPSA) is 87.0 Å². The van der Waals surface area contributed by atoms with Gasteiger partial charge in [0.25, 0.3) is 5.91 Å². The van der Waals surface area contributed by atoms with Crippen LogP contribution in [0.2, 0.25) is 0 Å². The largest absolute Gasteiger partial charge is 0.396 e. The quantitative estimate of drug-likeness (QED) is 0.865. The number of nitrogens with one attached hydrogen (secondary N) is 1. The number of nitrogens with zero attached hydrogens (tertiary/aromatic N) is 4. The summed E-state index contributed by atoms with van der Waals surface area (Å²) in [6.45, 7) is 0.825. The summed E-state index contributed by atoms with van der Waals surface area (Å²) in [6, 6.07) is 1.94. The van der Waals surface area contributed by atoms with Gasteiger partial charge in [-0.1, -0.05) is 0 Å². The lowest BCUT2D eigenvalue weighted by molar-refractivity contribution is 0.0733. The van der Waals surface area contributed by atoms with Crippen molar-refractivity contribution in [2.75, 3.05) is 13.2 Å². The molecule has 2 N–H and O–H groups in total. The maximum absolute atomic E-state index is 12.6. The average molecular weight is 289 g/mol. The standard InChI is InChI=1S/C14H19N5O2/c1-18-9-10(8-15-18)14(21)19-5-2-3-13(19)12-7-11(4-6-20)16-17-12/h7-9,13,20H,2-6H2,1H3,(H,16,17). The molecule has 2 aromatic rings. The number of likely N-dealkylation sites (tertiary alicyclic amines) is 1. The first-order chi connectivity index (χ1) is 10.2. The zero-order chi connectivity index (χ0) is 14.8. The van der Waals surface area contributed by atoms with Gasteiger partial charge in [-0.2, -0.15) is 10.2 Å². The van der Waals surface area contributed by atoms with E-state index in [9.17, 15) is 4.79 Å². The molecule has 0 radical (unpaired) electrons. The number of carbonyl (C=O) groups excluding carboxylic acids is 1. The molecule has 1 atom stereocenters. The normalized spacial score (nSPS) is 18.4. The molecule has 1 aliphatic rings. The molecule has 0 aliphatic carbocycles. The molecule has 7 heteroatoms. The molecule has 0 aromatic carbocycles. The fourth-order valence-electron chi connectivity index (χ4n) is 2.81. The van der Waals surface area contributed by atoms with Gasteiger partial charge >= 0.3 is 0 Å². The number of H-pyrrole nitrogens is 1. The van der Waals surface area contributed by atoms with E-state index >= 15 is 0 Å². The van der Waals surface area contributed by atoms with Crippen molar-refractivity contribution >= 4 is 5.91 Å². The Bertz CT molecular complexity index is 633. The van der Waals surface area contributed by atoms with Gasteiger partial charge in [0, 0.05) is 38.5 Å². The van der Waals surface area contributed by atoms with E-state index in [0.717, 1.165) is 30.8 Å². The summed E-state index contributed by atoms with van der Waals surface area (Å²) in [4.78, 5) is 14.4. The van der Waals surface area contributed by atoms with Gasteiger partial charge < -0.3 is 10.0 Å². The summed E-state index contributed by atoms with van der Waals surface area (Å²) in [6.07, 6.45) is 5.77. The summed E-state index contributed by atoms with van der Waals surface area (Å²) in [7, 11) is 1.80. The van der Waals surface area contributed by atoms with Gasteiger partial charge in [-0.25, -0.2) is 0 Å². The minimum Gasteiger partial charge on any atom is -0.396 e. The van der Waals surface area contributed by atoms with E-state index in [4.69, 9.17) is 5.11 Å². The summed E-state index contributed by atoms with van der Waals surface area (Å²) < 4.78 is 1.63. The van der Waals surface area contributed by atoms with Crippen LogP contribution >= 0.6 is 0 Å². The second-order valence-corrected chi connectivity index (χ2v) is 5.35. The van der Waals surface area contributed by atoms with Crippen molar-refractivity contribution < 1.29 is 9.90 Å². The molecule has 0 saturated carbocycles. The van der Waals surface area contributed by atoms with Crippen LogP contribution in [0.4, 0.5) is 0 Å². The third-order valence-electron chi connectivity index (χ3n) is 3.84. The van der Waals surface area contributed by atoms with Crippen LogP contribution in [0.15, 0.2) is 18.5 Å². The molecule has 0 spiro atoms. The van der Waals surface area contributed by atoms with Crippen molar-refractivity contribution in [2.24, 2.45) is 7.05 Å². The Morgan fingerprint density at radius 1 is 1.57 bits per heavy atom. The molecule has 0 bridgehead atoms. The average Bonchev–Trinajstić information content (AvgIpc) is 3.17. The highest BCUT2D eigenvalue weighted by Gasteiger charge is 2.32. The van der Waals surface area contributed by atoms with Gasteiger partial charge in [0.2, 0.25) is 0 Å². The Hall–Kier alpha value is -2.15. The molecule has 1 aliphatic heterocycles. The first-order valence-corrected chi connectivity index (χ1v) is 7.13. The fraction of sp³-hybridized carbons (Fsp3) is 0.500. The third kappa shape index (κ3) is 2.69. The van der Waals surface area contributed by atoms with Crippen molar-refractivity contribution in [2.45, 2.75) is 25.3 Å². The molecule has 21 heavy (non-hydrogen) atoms. The fourth-order valence-corrected chi connectivity index (χ4v) is 2.81. The first-order valence-electron chi connectivity index (χ1n) is 7.13. The van der Waals surface area contributed by atoms with E-state index in [1.165, 1.54) is 0 Å². The van der Waals surface area contributed by atoms with Crippen molar-refractivity contribution in [3.63, 3.8) is 0 Å². The number of amides is 1. The van der Waals surface area contributed by atoms with Crippen LogP contribution in [0.1, 0.15) is 40.6 Å². The molecule has 2 aromatic heterocycles. The van der Waals surface area contributed by atoms with Crippen LogP contribution < -0.4 is 0 Å². The second kappa shape index (κ2) is 5.69. The zero-order valence-corrected chi connectivity index (χ0v) is 12.0. The van der Waals surface area contributed by atoms with Crippen LogP contribution in [0.3, 0.4) is 0 Å². The molecule has 1 saturated heterocycles. The number of aryl methyl sites for hydroxylation is 1. The van der Waals surface area contributed by atoms with E-state index < -0.39 is 0 Å². The van der Waals surface area contributed by atoms with Gasteiger partial charge in [0.05, 0.1) is 23.5 Å². The number of aromatic amines is 1. The Kier molecular flexibility index (Phi) is 3.74. The summed E-state index contributed by atoms with van der Waals surface area (Å²) in [5.41, 5.74) is 2.37. The van der Waals surface area contributed by atoms with E-state index in [1.54, 1.807) is 24.1 Å². The van der Waals surface area contributed by atoms with Gasteiger partial charge in [-0.15, -0.1) is 0 Å². The lowest BCUT2D eigenvalue weighted by Gasteiger charge is -2.22. The van der Waals surface area contributed by atoms with Crippen LogP contribution in [-0.4, -0.2) is 49.0 Å². The van der Waals surface area contributed by atoms with E-state index in [1.807, 2.05) is 11.0 Å². The zero-order valence-electron chi connectivity index (χ0n) is 12.0. The predicted octanol–water partition coefficient (Wildman–Crippen LogP) is 0.655. The number of hydrogen-bond acceptors (Lipinski definition) is 4. The van der Waals surface area contributed by atoms with Gasteiger partial charge in [-0.05, 0) is 18.9 Å². The Morgan fingerprint density at radius 2 is 2.43 bits per heavy atom. The minimum absolute atomic E-state index is 0.00130. The molecule has 3 heterocycles. The Balaban J connectivity index is 1.79. The van der Waals surface area contributed by atoms with Gasteiger partial charge in [-0.3, -0.25) is 14.6 Å². The van der Waals surface area contributed by atoms with Crippen molar-refractivity contribution in [3.8, 4) is 0 Å². The molecular formula is C14H19N5O2. The summed E-state index contributed by atoms with van der Waals surface area (Å²) in [5, 5.41) is 20.2. The maximum Gasteiger partial charge on any atom is 0.257 e. The van der Waals surface area contributed by atoms with Crippen LogP contribution in [0.25, 0.3) is 0 Å². The molecule has 1 unspecified atom stereocenters. The van der Waals surface area contributed by atoms with E-state index in [2.05, 4.69) is 15.3 Å². The first kappa shape index (κ1) is 13.8. The van der Waals surface area contributed by atoms with Crippen LogP contribution in [-0.2, 0) is 13.5 Å². The molecule has 1 amide bonds. The SMILES string of the molecule is Cn1cc(C(=O)N2CCCC2c2cc(CCO)[nH]n2)cn1. The highest BCUT2D eigenvalue weighted by atomic mass is 16.3. The Labute approximate surface area is 122 Å². The molecule has 7 nitrogen and oxygen atoms in total. The summed E-state index contributed by atoms with van der Waals surface area (Å²) in [5.74, 6) is -0.00249. The number of aromatic nitrogens is 4. The smallest absolute Gasteiger partial charge is 0.257 e. The van der Waals surface area contributed by atoms with Crippen molar-refractivity contribution in [3.05, 3.63) is 35.4 Å². The highest BCUT2D eigenvalue weighted by Crippen LogP contribution is 2.32. The van der Waals surface area contributed by atoms with Crippen LogP contribution in [0, 0.1) is 0 Å². The highest BCUT2D eigenvalue weighted by molar-refractivity contribution is 5.94. The molecule has 112 valence electrons. The predicted molar refractivity (Wildman–Crippen MR) is 75.6 cm³/mol. The maximum atomic E-state index is 12.6. The van der Waals surface area contributed by atoms with E-state index in [-0.39, 0.29) is 18.6 Å². The third-order valence-corrected chi connectivity index (χ3v) is 3.84. The Morgan fingerprint density at radius 3 is 3.14 bits per heavy atom. The number of hydrogen-bond donors (Lipinski definition) is 2. The lowest BCUT2D eigenvalue weighted by atomic mass is 10.1. The number of aliphatic hydroxyl groups is 1. The molecule has 3 rings (SSSR count). The van der Waals surface area contributed by atoms with Gasteiger partial charge in [0.15, 0.2) is 0 Å². The van der Waals surface area contributed by atoms with Gasteiger partial charge in [0.1, 0.15) is 0 Å². The van der Waals surface area contributed by atoms with Crippen molar-refractivity contribution in [1.82, 2.24) is 24.9 Å². The number of aliphatic hydroxyl groups excluding tert-OH is 1. The van der Waals surface area contributed by atoms with E-state index in [0.29, 0.717) is 12.0 Å². The molecule has 1 fully saturated rings. The second-order valence-electron chi connectivity index (χ2n) is 5.35. The summed E-state index contributed by atoms with van der Waals surface area (Å²) >= 11 is 0. The number of carbonyl (C=O) groups is 1. The number of rotatable bonds is 4. The van der Waals surface area contributed by atoms with Crippen molar-refractivity contribution in [1.29, 1.82) is 0 Å². The lowest BCUT2D eigenvalue weighted by Crippen LogP contribution is -2.30. The molecular weight excluding hydrogens is 270 g/mol. The monoisotopic (exact) mass is 289 g/mol.